The van der Waals surface area contributed by atoms with Crippen LogP contribution in [0, 0.1) is 6.92 Å². The quantitative estimate of drug-likeness (QED) is 0.455. The lowest BCUT2D eigenvalue weighted by Crippen LogP contribution is -1.91. The largest absolute Gasteiger partial charge is 0.253 e. The Morgan fingerprint density at radius 1 is 1.86 bits per heavy atom. The maximum atomic E-state index is 3.76. The van der Waals surface area contributed by atoms with Gasteiger partial charge in [-0.2, -0.15) is 5.10 Å². The van der Waals surface area contributed by atoms with Crippen LogP contribution in [-0.2, 0) is 7.05 Å². The van der Waals surface area contributed by atoms with Crippen molar-refractivity contribution < 1.29 is 0 Å². The maximum Gasteiger partial charge on any atom is 0.138 e. The fourth-order valence-corrected chi connectivity index (χ4v) is 0.320. The molecule has 0 aromatic carbocycles. The van der Waals surface area contributed by atoms with Crippen LogP contribution in [0.15, 0.2) is 6.33 Å². The van der Waals surface area contributed by atoms with Gasteiger partial charge >= 0.3 is 0 Å². The van der Waals surface area contributed by atoms with Gasteiger partial charge < -0.3 is 0 Å². The van der Waals surface area contributed by atoms with Gasteiger partial charge in [-0.05, 0) is 0 Å². The molecule has 37 valence electrons. The Bertz CT molecular complexity index is 139. The molecular weight excluding hydrogens is 90.1 g/mol. The van der Waals surface area contributed by atoms with Gasteiger partial charge in [0.2, 0.25) is 0 Å². The zero-order valence-corrected chi connectivity index (χ0v) is 4.13. The van der Waals surface area contributed by atoms with Crippen molar-refractivity contribution in [1.82, 2.24) is 14.8 Å². The minimum atomic E-state index is 0.694. The smallest absolute Gasteiger partial charge is 0.138 e. The Hall–Kier alpha value is -0.860. The van der Waals surface area contributed by atoms with E-state index in [4.69, 9.17) is 0 Å². The third kappa shape index (κ3) is 0.607. The molecule has 0 saturated carbocycles. The summed E-state index contributed by atoms with van der Waals surface area (Å²) in [4.78, 5) is 3.76. The molecule has 0 aliphatic heterocycles. The van der Waals surface area contributed by atoms with E-state index in [-0.39, 0.29) is 0 Å². The second-order valence-corrected chi connectivity index (χ2v) is 1.30. The average Bonchev–Trinajstić information content (AvgIpc) is 1.91. The van der Waals surface area contributed by atoms with Gasteiger partial charge in [-0.1, -0.05) is 0 Å². The van der Waals surface area contributed by atoms with Gasteiger partial charge in [0.15, 0.2) is 0 Å². The van der Waals surface area contributed by atoms with Crippen LogP contribution in [0.5, 0.6) is 0 Å². The van der Waals surface area contributed by atoms with Crippen molar-refractivity contribution in [3.05, 3.63) is 19.1 Å². The number of hydrogen-bond donors (Lipinski definition) is 0. The molecule has 0 spiro atoms. The number of aromatic nitrogens is 3. The molecule has 1 aromatic rings. The molecule has 0 fully saturated rings. The minimum absolute atomic E-state index is 0.694. The maximum absolute atomic E-state index is 3.76. The lowest BCUT2D eigenvalue weighted by molar-refractivity contribution is 0.749. The van der Waals surface area contributed by atoms with Gasteiger partial charge in [0.05, 0.1) is 0 Å². The van der Waals surface area contributed by atoms with E-state index in [1.165, 1.54) is 6.33 Å². The first-order valence-electron chi connectivity index (χ1n) is 1.96. The summed E-state index contributed by atoms with van der Waals surface area (Å²) in [5.41, 5.74) is 0. The van der Waals surface area contributed by atoms with E-state index >= 15 is 0 Å². The summed E-state index contributed by atoms with van der Waals surface area (Å²) >= 11 is 0. The van der Waals surface area contributed by atoms with Crippen LogP contribution < -0.4 is 0 Å². The van der Waals surface area contributed by atoms with Crippen molar-refractivity contribution in [2.45, 2.75) is 0 Å². The minimum Gasteiger partial charge on any atom is -0.253 e. The summed E-state index contributed by atoms with van der Waals surface area (Å²) in [5.74, 6) is 0.694. The molecule has 1 radical (unpaired) electrons. The lowest BCUT2D eigenvalue weighted by Gasteiger charge is -1.84. The van der Waals surface area contributed by atoms with Crippen LogP contribution in [0.4, 0.5) is 0 Å². The van der Waals surface area contributed by atoms with Crippen LogP contribution in [0.25, 0.3) is 0 Å². The van der Waals surface area contributed by atoms with Gasteiger partial charge in [0.25, 0.3) is 0 Å². The highest BCUT2D eigenvalue weighted by Crippen LogP contribution is 1.81. The van der Waals surface area contributed by atoms with Crippen molar-refractivity contribution in [3.63, 3.8) is 0 Å². The van der Waals surface area contributed by atoms with Gasteiger partial charge in [-0.25, -0.2) is 4.98 Å². The van der Waals surface area contributed by atoms with Gasteiger partial charge in [0, 0.05) is 14.0 Å². The zero-order valence-electron chi connectivity index (χ0n) is 4.13. The van der Waals surface area contributed by atoms with E-state index in [1.54, 1.807) is 11.7 Å². The molecule has 1 aromatic heterocycles. The molecular formula is C4H6N3. The molecule has 0 aliphatic carbocycles. The molecule has 3 heteroatoms. The molecule has 0 bridgehead atoms. The van der Waals surface area contributed by atoms with E-state index in [2.05, 4.69) is 17.0 Å². The van der Waals surface area contributed by atoms with E-state index in [0.717, 1.165) is 0 Å². The molecule has 0 aliphatic rings. The first-order chi connectivity index (χ1) is 3.30. The summed E-state index contributed by atoms with van der Waals surface area (Å²) in [6, 6.07) is 0. The standard InChI is InChI=1S/C4H6N3/c1-4-5-3-6-7(4)2/h3H,1H2,2H3. The van der Waals surface area contributed by atoms with Crippen molar-refractivity contribution in [3.8, 4) is 0 Å². The predicted molar refractivity (Wildman–Crippen MR) is 25.5 cm³/mol. The second kappa shape index (κ2) is 1.33. The monoisotopic (exact) mass is 96.1 g/mol. The molecule has 1 rings (SSSR count). The highest BCUT2D eigenvalue weighted by molar-refractivity contribution is 4.85. The molecule has 0 saturated heterocycles. The number of aryl methyl sites for hydroxylation is 1. The molecule has 0 unspecified atom stereocenters. The number of nitrogens with zero attached hydrogens (tertiary/aromatic N) is 3. The Morgan fingerprint density at radius 3 is 2.71 bits per heavy atom. The van der Waals surface area contributed by atoms with Crippen molar-refractivity contribution in [1.29, 1.82) is 0 Å². The third-order valence-electron chi connectivity index (χ3n) is 0.805. The highest BCUT2D eigenvalue weighted by atomic mass is 15.3. The summed E-state index contributed by atoms with van der Waals surface area (Å²) in [6.07, 6.45) is 1.47. The average molecular weight is 96.1 g/mol. The fourth-order valence-electron chi connectivity index (χ4n) is 0.320. The first kappa shape index (κ1) is 4.30. The molecule has 3 nitrogen and oxygen atoms in total. The fraction of sp³-hybridized carbons (Fsp3) is 0.250. The summed E-state index contributed by atoms with van der Waals surface area (Å²) in [5, 5.41) is 3.76. The van der Waals surface area contributed by atoms with E-state index < -0.39 is 0 Å². The van der Waals surface area contributed by atoms with E-state index in [1.807, 2.05) is 0 Å². The van der Waals surface area contributed by atoms with E-state index in [0.29, 0.717) is 5.82 Å². The van der Waals surface area contributed by atoms with E-state index in [9.17, 15) is 0 Å². The van der Waals surface area contributed by atoms with Gasteiger partial charge in [-0.3, -0.25) is 4.68 Å². The number of hydrogen-bond acceptors (Lipinski definition) is 2. The Morgan fingerprint density at radius 2 is 2.57 bits per heavy atom. The van der Waals surface area contributed by atoms with Crippen LogP contribution in [0.3, 0.4) is 0 Å². The van der Waals surface area contributed by atoms with Crippen LogP contribution in [0.1, 0.15) is 5.82 Å². The normalized spacial score (nSPS) is 9.43. The van der Waals surface area contributed by atoms with Crippen molar-refractivity contribution >= 4 is 0 Å². The van der Waals surface area contributed by atoms with Gasteiger partial charge in [-0.15, -0.1) is 0 Å². The van der Waals surface area contributed by atoms with Crippen LogP contribution in [0.2, 0.25) is 0 Å². The van der Waals surface area contributed by atoms with Crippen molar-refractivity contribution in [2.75, 3.05) is 0 Å². The highest BCUT2D eigenvalue weighted by Gasteiger charge is 1.85. The topological polar surface area (TPSA) is 30.7 Å². The Kier molecular flexibility index (Phi) is 0.817. The molecule has 0 amide bonds. The predicted octanol–water partition coefficient (Wildman–Crippen LogP) is -0.00271. The summed E-state index contributed by atoms with van der Waals surface area (Å²) in [6.45, 7) is 3.57. The number of rotatable bonds is 0. The second-order valence-electron chi connectivity index (χ2n) is 1.30. The summed E-state index contributed by atoms with van der Waals surface area (Å²) < 4.78 is 1.61. The van der Waals surface area contributed by atoms with Crippen molar-refractivity contribution in [2.24, 2.45) is 7.05 Å². The van der Waals surface area contributed by atoms with Crippen LogP contribution in [-0.4, -0.2) is 14.8 Å². The molecule has 7 heavy (non-hydrogen) atoms. The Balaban J connectivity index is 3.12. The molecule has 0 N–H and O–H groups in total. The Labute approximate surface area is 42.0 Å². The van der Waals surface area contributed by atoms with Crippen LogP contribution >= 0.6 is 0 Å². The first-order valence-corrected chi connectivity index (χ1v) is 1.96. The third-order valence-corrected chi connectivity index (χ3v) is 0.805. The summed E-state index contributed by atoms with van der Waals surface area (Å²) in [7, 11) is 1.80. The van der Waals surface area contributed by atoms with Gasteiger partial charge in [0.1, 0.15) is 12.2 Å². The lowest BCUT2D eigenvalue weighted by atomic mass is 10.7. The SMILES string of the molecule is [CH2]c1ncnn1C. The molecule has 0 atom stereocenters. The zero-order chi connectivity index (χ0) is 5.28. The molecule has 1 heterocycles.